The highest BCUT2D eigenvalue weighted by Crippen LogP contribution is 2.40. The van der Waals surface area contributed by atoms with Crippen molar-refractivity contribution in [3.05, 3.63) is 46.3 Å². The molecule has 0 fully saturated rings. The fourth-order valence-corrected chi connectivity index (χ4v) is 3.62. The number of hydrogen-bond donors (Lipinski definition) is 0. The van der Waals surface area contributed by atoms with Gasteiger partial charge in [0.25, 0.3) is 5.24 Å². The number of carbonyl (C=O) groups is 1. The van der Waals surface area contributed by atoms with E-state index in [1.807, 2.05) is 36.4 Å². The van der Waals surface area contributed by atoms with Crippen LogP contribution in [0.4, 0.5) is 0 Å². The molecule has 0 spiro atoms. The lowest BCUT2D eigenvalue weighted by atomic mass is 10.1. The predicted molar refractivity (Wildman–Crippen MR) is 74.5 cm³/mol. The number of rotatable bonds is 1. The number of fused-ring (bicyclic) bond motifs is 3. The molecule has 3 rings (SSSR count). The van der Waals surface area contributed by atoms with Gasteiger partial charge in [-0.05, 0) is 28.4 Å². The molecule has 0 aliphatic rings. The van der Waals surface area contributed by atoms with Gasteiger partial charge in [-0.3, -0.25) is 4.79 Å². The third-order valence-electron chi connectivity index (χ3n) is 2.70. The van der Waals surface area contributed by atoms with Crippen LogP contribution in [0.5, 0.6) is 0 Å². The van der Waals surface area contributed by atoms with E-state index in [9.17, 15) is 4.79 Å². The average molecular weight is 281 g/mol. The molecule has 0 N–H and O–H groups in total. The molecule has 0 unspecified atom stereocenters. The molecule has 0 bridgehead atoms. The van der Waals surface area contributed by atoms with E-state index in [2.05, 4.69) is 0 Å². The van der Waals surface area contributed by atoms with Crippen molar-refractivity contribution in [3.8, 4) is 0 Å². The first-order chi connectivity index (χ1) is 8.18. The average Bonchev–Trinajstić information content (AvgIpc) is 2.67. The Balaban J connectivity index is 2.53. The standard InChI is InChI=1S/C13H6Cl2OS/c14-11-10-8-4-2-1-3-7(8)5-6-9(10)17-12(11)13(15)16/h1-6H. The second kappa shape index (κ2) is 3.98. The van der Waals surface area contributed by atoms with Gasteiger partial charge in [0.1, 0.15) is 4.88 Å². The smallest absolute Gasteiger partial charge is 0.263 e. The van der Waals surface area contributed by atoms with Crippen LogP contribution in [0.15, 0.2) is 36.4 Å². The van der Waals surface area contributed by atoms with Gasteiger partial charge >= 0.3 is 0 Å². The number of carbonyl (C=O) groups excluding carboxylic acids is 1. The van der Waals surface area contributed by atoms with E-state index in [-0.39, 0.29) is 0 Å². The second-order valence-electron chi connectivity index (χ2n) is 3.68. The van der Waals surface area contributed by atoms with Crippen LogP contribution >= 0.6 is 34.5 Å². The quantitative estimate of drug-likeness (QED) is 0.568. The van der Waals surface area contributed by atoms with Crippen molar-refractivity contribution in [2.45, 2.75) is 0 Å². The Hall–Kier alpha value is -1.09. The summed E-state index contributed by atoms with van der Waals surface area (Å²) in [4.78, 5) is 11.7. The maximum Gasteiger partial charge on any atom is 0.263 e. The highest BCUT2D eigenvalue weighted by molar-refractivity contribution is 7.23. The summed E-state index contributed by atoms with van der Waals surface area (Å²) in [5, 5.41) is 3.03. The predicted octanol–water partition coefficient (Wildman–Crippen LogP) is 5.09. The van der Waals surface area contributed by atoms with Crippen molar-refractivity contribution in [1.82, 2.24) is 0 Å². The Labute approximate surface area is 112 Å². The van der Waals surface area contributed by atoms with Gasteiger partial charge in [0.2, 0.25) is 0 Å². The summed E-state index contributed by atoms with van der Waals surface area (Å²) < 4.78 is 0.984. The van der Waals surface area contributed by atoms with E-state index in [4.69, 9.17) is 23.2 Å². The highest BCUT2D eigenvalue weighted by Gasteiger charge is 2.16. The van der Waals surface area contributed by atoms with Crippen molar-refractivity contribution in [2.24, 2.45) is 0 Å². The molecule has 2 aromatic carbocycles. The minimum Gasteiger partial charge on any atom is -0.275 e. The Morgan fingerprint density at radius 1 is 1.12 bits per heavy atom. The molecular weight excluding hydrogens is 275 g/mol. The normalized spacial score (nSPS) is 11.2. The number of thiophene rings is 1. The van der Waals surface area contributed by atoms with Crippen LogP contribution in [0, 0.1) is 0 Å². The number of hydrogen-bond acceptors (Lipinski definition) is 2. The summed E-state index contributed by atoms with van der Waals surface area (Å²) >= 11 is 13.1. The summed E-state index contributed by atoms with van der Waals surface area (Å²) in [5.41, 5.74) is 0. The van der Waals surface area contributed by atoms with E-state index < -0.39 is 5.24 Å². The van der Waals surface area contributed by atoms with Crippen LogP contribution in [0.3, 0.4) is 0 Å². The van der Waals surface area contributed by atoms with Crippen molar-refractivity contribution in [2.75, 3.05) is 0 Å². The van der Waals surface area contributed by atoms with E-state index in [1.165, 1.54) is 11.3 Å². The summed E-state index contributed by atoms with van der Waals surface area (Å²) in [7, 11) is 0. The van der Waals surface area contributed by atoms with Gasteiger partial charge in [-0.25, -0.2) is 0 Å². The molecule has 84 valence electrons. The topological polar surface area (TPSA) is 17.1 Å². The van der Waals surface area contributed by atoms with Crippen LogP contribution in [0.25, 0.3) is 20.9 Å². The molecule has 0 atom stereocenters. The van der Waals surface area contributed by atoms with Gasteiger partial charge < -0.3 is 0 Å². The molecule has 1 aromatic heterocycles. The number of benzene rings is 2. The van der Waals surface area contributed by atoms with Gasteiger partial charge in [0.15, 0.2) is 0 Å². The van der Waals surface area contributed by atoms with E-state index in [0.29, 0.717) is 9.90 Å². The van der Waals surface area contributed by atoms with E-state index >= 15 is 0 Å². The molecule has 0 saturated carbocycles. The minimum atomic E-state index is -0.500. The van der Waals surface area contributed by atoms with Crippen LogP contribution in [-0.2, 0) is 0 Å². The maximum atomic E-state index is 11.3. The molecule has 4 heteroatoms. The Morgan fingerprint density at radius 3 is 2.65 bits per heavy atom. The first-order valence-corrected chi connectivity index (χ1v) is 6.55. The lowest BCUT2D eigenvalue weighted by Crippen LogP contribution is -1.82. The van der Waals surface area contributed by atoms with Crippen LogP contribution in [0.1, 0.15) is 9.67 Å². The molecule has 0 aliphatic heterocycles. The molecule has 1 nitrogen and oxygen atoms in total. The molecule has 0 saturated heterocycles. The van der Waals surface area contributed by atoms with Gasteiger partial charge in [-0.1, -0.05) is 41.9 Å². The molecule has 1 heterocycles. The molecule has 0 aliphatic carbocycles. The zero-order valence-corrected chi connectivity index (χ0v) is 10.9. The van der Waals surface area contributed by atoms with Crippen LogP contribution < -0.4 is 0 Å². The Morgan fingerprint density at radius 2 is 1.88 bits per heavy atom. The van der Waals surface area contributed by atoms with Crippen molar-refractivity contribution in [1.29, 1.82) is 0 Å². The van der Waals surface area contributed by atoms with Gasteiger partial charge in [0, 0.05) is 10.1 Å². The molecule has 3 aromatic rings. The largest absolute Gasteiger partial charge is 0.275 e. The van der Waals surface area contributed by atoms with Gasteiger partial charge in [0.05, 0.1) is 5.02 Å². The summed E-state index contributed by atoms with van der Waals surface area (Å²) in [5.74, 6) is 0. The summed E-state index contributed by atoms with van der Waals surface area (Å²) in [6.07, 6.45) is 0. The fourth-order valence-electron chi connectivity index (χ4n) is 1.96. The number of halogens is 2. The first-order valence-electron chi connectivity index (χ1n) is 4.98. The molecule has 0 radical (unpaired) electrons. The Kier molecular flexibility index (Phi) is 2.58. The van der Waals surface area contributed by atoms with Crippen LogP contribution in [0.2, 0.25) is 5.02 Å². The van der Waals surface area contributed by atoms with E-state index in [1.54, 1.807) is 0 Å². The fraction of sp³-hybridized carbons (Fsp3) is 0. The molecule has 0 amide bonds. The molecule has 17 heavy (non-hydrogen) atoms. The van der Waals surface area contributed by atoms with Crippen LogP contribution in [-0.4, -0.2) is 5.24 Å². The van der Waals surface area contributed by atoms with Gasteiger partial charge in [-0.2, -0.15) is 0 Å². The summed E-state index contributed by atoms with van der Waals surface area (Å²) in [6.45, 7) is 0. The highest BCUT2D eigenvalue weighted by atomic mass is 35.5. The van der Waals surface area contributed by atoms with Crippen molar-refractivity contribution in [3.63, 3.8) is 0 Å². The summed E-state index contributed by atoms with van der Waals surface area (Å²) in [6, 6.07) is 11.9. The monoisotopic (exact) mass is 280 g/mol. The third-order valence-corrected chi connectivity index (χ3v) is 4.64. The lowest BCUT2D eigenvalue weighted by molar-refractivity contribution is 0.108. The zero-order chi connectivity index (χ0) is 12.0. The minimum absolute atomic E-state index is 0.416. The SMILES string of the molecule is O=C(Cl)c1sc2ccc3ccccc3c2c1Cl. The van der Waals surface area contributed by atoms with E-state index in [0.717, 1.165) is 20.9 Å². The first kappa shape index (κ1) is 11.0. The Bertz CT molecular complexity index is 746. The van der Waals surface area contributed by atoms with Gasteiger partial charge in [-0.15, -0.1) is 11.3 Å². The third kappa shape index (κ3) is 1.64. The van der Waals surface area contributed by atoms with Crippen molar-refractivity contribution < 1.29 is 4.79 Å². The van der Waals surface area contributed by atoms with Crippen molar-refractivity contribution >= 4 is 60.6 Å². The lowest BCUT2D eigenvalue weighted by Gasteiger charge is -1.99. The maximum absolute atomic E-state index is 11.3. The molecular formula is C13H6Cl2OS. The second-order valence-corrected chi connectivity index (χ2v) is 5.45. The zero-order valence-electron chi connectivity index (χ0n) is 8.54.